The summed E-state index contributed by atoms with van der Waals surface area (Å²) >= 11 is 0. The lowest BCUT2D eigenvalue weighted by Gasteiger charge is -2.41. The lowest BCUT2D eigenvalue weighted by molar-refractivity contribution is 0.131. The fourth-order valence-electron chi connectivity index (χ4n) is 3.88. The number of aliphatic imine (C=N–C) groups is 1. The van der Waals surface area contributed by atoms with Gasteiger partial charge in [-0.15, -0.1) is 0 Å². The van der Waals surface area contributed by atoms with E-state index in [0.29, 0.717) is 5.41 Å². The highest BCUT2D eigenvalue weighted by Crippen LogP contribution is 2.42. The SMILES string of the molecule is CCC1(CNC(=NC)NCc2ccnc(N3CCCCC3)c2)CCC1. The summed E-state index contributed by atoms with van der Waals surface area (Å²) in [7, 11) is 1.85. The second kappa shape index (κ2) is 8.54. The highest BCUT2D eigenvalue weighted by Gasteiger charge is 2.34. The molecular formula is C20H33N5. The van der Waals surface area contributed by atoms with E-state index < -0.39 is 0 Å². The Morgan fingerprint density at radius 1 is 1.20 bits per heavy atom. The van der Waals surface area contributed by atoms with Crippen LogP contribution in [0, 0.1) is 5.41 Å². The Morgan fingerprint density at radius 2 is 2.00 bits per heavy atom. The number of anilines is 1. The lowest BCUT2D eigenvalue weighted by atomic mass is 9.67. The van der Waals surface area contributed by atoms with Gasteiger partial charge >= 0.3 is 0 Å². The molecule has 2 fully saturated rings. The topological polar surface area (TPSA) is 52.6 Å². The summed E-state index contributed by atoms with van der Waals surface area (Å²) in [6.07, 6.45) is 11.1. The van der Waals surface area contributed by atoms with Gasteiger partial charge < -0.3 is 15.5 Å². The Morgan fingerprint density at radius 3 is 2.64 bits per heavy atom. The van der Waals surface area contributed by atoms with Crippen LogP contribution in [-0.4, -0.2) is 37.6 Å². The molecule has 5 nitrogen and oxygen atoms in total. The standard InChI is InChI=1S/C20H33N5/c1-3-20(9-7-10-20)16-24-19(21-2)23-15-17-8-11-22-18(14-17)25-12-5-4-6-13-25/h8,11,14H,3-7,9-10,12-13,15-16H2,1-2H3,(H2,21,23,24). The molecule has 2 aliphatic rings. The third-order valence-electron chi connectivity index (χ3n) is 5.97. The van der Waals surface area contributed by atoms with Crippen LogP contribution in [0.15, 0.2) is 23.3 Å². The van der Waals surface area contributed by atoms with Gasteiger partial charge in [-0.2, -0.15) is 0 Å². The molecule has 1 saturated carbocycles. The number of aromatic nitrogens is 1. The predicted molar refractivity (Wildman–Crippen MR) is 105 cm³/mol. The van der Waals surface area contributed by atoms with E-state index in [1.54, 1.807) is 0 Å². The summed E-state index contributed by atoms with van der Waals surface area (Å²) in [5.74, 6) is 2.01. The molecule has 1 aromatic rings. The minimum atomic E-state index is 0.496. The molecule has 5 heteroatoms. The fraction of sp³-hybridized carbons (Fsp3) is 0.700. The third-order valence-corrected chi connectivity index (χ3v) is 5.97. The van der Waals surface area contributed by atoms with Gasteiger partial charge in [-0.1, -0.05) is 13.3 Å². The Balaban J connectivity index is 1.51. The Bertz CT molecular complexity index is 568. The molecule has 0 radical (unpaired) electrons. The number of nitrogens with zero attached hydrogens (tertiary/aromatic N) is 3. The first-order valence-electron chi connectivity index (χ1n) is 9.89. The van der Waals surface area contributed by atoms with Crippen molar-refractivity contribution in [3.8, 4) is 0 Å². The molecule has 1 aromatic heterocycles. The molecule has 1 aliphatic heterocycles. The molecule has 0 unspecified atom stereocenters. The van der Waals surface area contributed by atoms with Crippen LogP contribution in [0.3, 0.4) is 0 Å². The molecule has 1 saturated heterocycles. The molecule has 25 heavy (non-hydrogen) atoms. The summed E-state index contributed by atoms with van der Waals surface area (Å²) in [4.78, 5) is 11.3. The number of hydrogen-bond donors (Lipinski definition) is 2. The number of pyridine rings is 1. The van der Waals surface area contributed by atoms with E-state index in [9.17, 15) is 0 Å². The average Bonchev–Trinajstić information content (AvgIpc) is 2.64. The van der Waals surface area contributed by atoms with Gasteiger partial charge in [0, 0.05) is 39.4 Å². The molecule has 2 N–H and O–H groups in total. The summed E-state index contributed by atoms with van der Waals surface area (Å²) in [6, 6.07) is 4.30. The molecule has 2 heterocycles. The maximum absolute atomic E-state index is 4.56. The number of nitrogens with one attached hydrogen (secondary N) is 2. The quantitative estimate of drug-likeness (QED) is 0.614. The van der Waals surface area contributed by atoms with E-state index >= 15 is 0 Å². The summed E-state index contributed by atoms with van der Waals surface area (Å²) in [5.41, 5.74) is 1.75. The van der Waals surface area contributed by atoms with Gasteiger partial charge in [0.05, 0.1) is 0 Å². The highest BCUT2D eigenvalue weighted by molar-refractivity contribution is 5.79. The molecule has 0 atom stereocenters. The Labute approximate surface area is 152 Å². The van der Waals surface area contributed by atoms with Crippen LogP contribution in [-0.2, 0) is 6.54 Å². The average molecular weight is 344 g/mol. The normalized spacial score (nSPS) is 20.1. The van der Waals surface area contributed by atoms with Crippen molar-refractivity contribution in [1.82, 2.24) is 15.6 Å². The van der Waals surface area contributed by atoms with Crippen LogP contribution in [0.25, 0.3) is 0 Å². The highest BCUT2D eigenvalue weighted by atomic mass is 15.2. The van der Waals surface area contributed by atoms with E-state index in [1.165, 1.54) is 50.5 Å². The molecule has 0 bridgehead atoms. The van der Waals surface area contributed by atoms with Crippen molar-refractivity contribution in [1.29, 1.82) is 0 Å². The third kappa shape index (κ3) is 4.65. The first-order chi connectivity index (χ1) is 12.2. The minimum absolute atomic E-state index is 0.496. The maximum atomic E-state index is 4.56. The van der Waals surface area contributed by atoms with Crippen molar-refractivity contribution in [3.63, 3.8) is 0 Å². The van der Waals surface area contributed by atoms with Crippen molar-refractivity contribution in [2.75, 3.05) is 31.6 Å². The predicted octanol–water partition coefficient (Wildman–Crippen LogP) is 3.32. The van der Waals surface area contributed by atoms with Crippen molar-refractivity contribution >= 4 is 11.8 Å². The monoisotopic (exact) mass is 343 g/mol. The summed E-state index contributed by atoms with van der Waals surface area (Å²) in [5, 5.41) is 6.98. The zero-order valence-electron chi connectivity index (χ0n) is 15.9. The molecule has 138 valence electrons. The number of hydrogen-bond acceptors (Lipinski definition) is 3. The zero-order valence-corrected chi connectivity index (χ0v) is 15.9. The van der Waals surface area contributed by atoms with E-state index in [-0.39, 0.29) is 0 Å². The van der Waals surface area contributed by atoms with Crippen molar-refractivity contribution in [2.45, 2.75) is 58.4 Å². The van der Waals surface area contributed by atoms with Crippen LogP contribution >= 0.6 is 0 Å². The zero-order chi connectivity index (χ0) is 17.5. The summed E-state index contributed by atoms with van der Waals surface area (Å²) < 4.78 is 0. The van der Waals surface area contributed by atoms with Crippen LogP contribution in [0.2, 0.25) is 0 Å². The van der Waals surface area contributed by atoms with E-state index in [4.69, 9.17) is 0 Å². The van der Waals surface area contributed by atoms with Gasteiger partial charge in [-0.3, -0.25) is 4.99 Å². The van der Waals surface area contributed by atoms with Crippen molar-refractivity contribution < 1.29 is 0 Å². The van der Waals surface area contributed by atoms with Crippen LogP contribution < -0.4 is 15.5 Å². The maximum Gasteiger partial charge on any atom is 0.191 e. The van der Waals surface area contributed by atoms with Gasteiger partial charge in [0.15, 0.2) is 5.96 Å². The van der Waals surface area contributed by atoms with E-state index in [2.05, 4.69) is 44.6 Å². The van der Waals surface area contributed by atoms with Crippen molar-refractivity contribution in [3.05, 3.63) is 23.9 Å². The molecule has 0 aromatic carbocycles. The summed E-state index contributed by atoms with van der Waals surface area (Å²) in [6.45, 7) is 6.37. The minimum Gasteiger partial charge on any atom is -0.357 e. The van der Waals surface area contributed by atoms with Gasteiger partial charge in [0.1, 0.15) is 5.82 Å². The molecule has 3 rings (SSSR count). The van der Waals surface area contributed by atoms with Crippen LogP contribution in [0.4, 0.5) is 5.82 Å². The van der Waals surface area contributed by atoms with Gasteiger partial charge in [0.2, 0.25) is 0 Å². The second-order valence-electron chi connectivity index (χ2n) is 7.56. The second-order valence-corrected chi connectivity index (χ2v) is 7.56. The van der Waals surface area contributed by atoms with E-state index in [0.717, 1.165) is 38.0 Å². The Hall–Kier alpha value is -1.78. The van der Waals surface area contributed by atoms with Gasteiger partial charge in [-0.25, -0.2) is 4.98 Å². The van der Waals surface area contributed by atoms with Gasteiger partial charge in [-0.05, 0) is 61.6 Å². The molecule has 1 aliphatic carbocycles. The van der Waals surface area contributed by atoms with Crippen molar-refractivity contribution in [2.24, 2.45) is 10.4 Å². The van der Waals surface area contributed by atoms with E-state index in [1.807, 2.05) is 13.2 Å². The number of guanidine groups is 1. The first kappa shape index (κ1) is 18.0. The molecule has 0 spiro atoms. The van der Waals surface area contributed by atoms with Gasteiger partial charge in [0.25, 0.3) is 0 Å². The largest absolute Gasteiger partial charge is 0.357 e. The van der Waals surface area contributed by atoms with Crippen LogP contribution in [0.1, 0.15) is 57.4 Å². The number of piperidine rings is 1. The number of rotatable bonds is 6. The first-order valence-corrected chi connectivity index (χ1v) is 9.89. The Kier molecular flexibility index (Phi) is 6.16. The molecular weight excluding hydrogens is 310 g/mol. The molecule has 0 amide bonds. The smallest absolute Gasteiger partial charge is 0.191 e. The fourth-order valence-corrected chi connectivity index (χ4v) is 3.88. The van der Waals surface area contributed by atoms with Crippen LogP contribution in [0.5, 0.6) is 0 Å². The lowest BCUT2D eigenvalue weighted by Crippen LogP contribution is -2.46.